The van der Waals surface area contributed by atoms with E-state index in [-0.39, 0.29) is 17.7 Å². The first-order chi connectivity index (χ1) is 6.60. The molecule has 0 amide bonds. The summed E-state index contributed by atoms with van der Waals surface area (Å²) in [5.74, 6) is -1.36. The van der Waals surface area contributed by atoms with Crippen molar-refractivity contribution in [1.82, 2.24) is 5.32 Å². The molecule has 0 aliphatic carbocycles. The molecule has 1 unspecified atom stereocenters. The number of halogens is 2. The van der Waals surface area contributed by atoms with Crippen LogP contribution in [0.1, 0.15) is 11.6 Å². The Morgan fingerprint density at radius 2 is 2.21 bits per heavy atom. The molecule has 0 aliphatic rings. The van der Waals surface area contributed by atoms with Crippen molar-refractivity contribution in [1.29, 1.82) is 0 Å². The van der Waals surface area contributed by atoms with Gasteiger partial charge in [-0.15, -0.1) is 0 Å². The lowest BCUT2D eigenvalue weighted by atomic mass is 10.1. The quantitative estimate of drug-likeness (QED) is 0.721. The van der Waals surface area contributed by atoms with Gasteiger partial charge in [-0.05, 0) is 24.7 Å². The zero-order valence-electron chi connectivity index (χ0n) is 7.59. The summed E-state index contributed by atoms with van der Waals surface area (Å²) in [6.45, 7) is -0.170. The van der Waals surface area contributed by atoms with Gasteiger partial charge in [-0.25, -0.2) is 4.39 Å². The number of phenols is 1. The lowest BCUT2D eigenvalue weighted by Crippen LogP contribution is -2.20. The van der Waals surface area contributed by atoms with Crippen LogP contribution in [0.25, 0.3) is 0 Å². The highest BCUT2D eigenvalue weighted by Crippen LogP contribution is 2.29. The molecule has 0 spiro atoms. The minimum atomic E-state index is -0.791. The van der Waals surface area contributed by atoms with E-state index in [0.29, 0.717) is 5.56 Å². The highest BCUT2D eigenvalue weighted by molar-refractivity contribution is 6.32. The molecular weight excluding hydrogens is 209 g/mol. The molecule has 3 nitrogen and oxygen atoms in total. The molecule has 5 heteroatoms. The first-order valence-corrected chi connectivity index (χ1v) is 4.44. The molecule has 0 radical (unpaired) electrons. The SMILES string of the molecule is CNC(CO)c1cc(F)c(O)c(Cl)c1. The minimum Gasteiger partial charge on any atom is -0.504 e. The molecule has 0 bridgehead atoms. The summed E-state index contributed by atoms with van der Waals surface area (Å²) in [5.41, 5.74) is 0.496. The van der Waals surface area contributed by atoms with Crippen LogP contribution in [0.4, 0.5) is 4.39 Å². The van der Waals surface area contributed by atoms with Gasteiger partial charge in [-0.2, -0.15) is 0 Å². The van der Waals surface area contributed by atoms with Gasteiger partial charge in [0.25, 0.3) is 0 Å². The van der Waals surface area contributed by atoms with Gasteiger partial charge < -0.3 is 15.5 Å². The van der Waals surface area contributed by atoms with E-state index in [0.717, 1.165) is 6.07 Å². The molecule has 0 fully saturated rings. The Morgan fingerprint density at radius 3 is 2.64 bits per heavy atom. The van der Waals surface area contributed by atoms with E-state index < -0.39 is 11.6 Å². The summed E-state index contributed by atoms with van der Waals surface area (Å²) in [4.78, 5) is 0. The van der Waals surface area contributed by atoms with Crippen LogP contribution in [-0.2, 0) is 0 Å². The predicted molar refractivity (Wildman–Crippen MR) is 52.0 cm³/mol. The molecular formula is C9H11ClFNO2. The van der Waals surface area contributed by atoms with Crippen molar-refractivity contribution in [3.05, 3.63) is 28.5 Å². The van der Waals surface area contributed by atoms with Crippen molar-refractivity contribution in [2.75, 3.05) is 13.7 Å². The molecule has 1 atom stereocenters. The molecule has 1 aromatic carbocycles. The van der Waals surface area contributed by atoms with Crippen LogP contribution >= 0.6 is 11.6 Å². The van der Waals surface area contributed by atoms with Crippen LogP contribution in [0.3, 0.4) is 0 Å². The third-order valence-electron chi connectivity index (χ3n) is 1.97. The number of phenolic OH excluding ortho intramolecular Hbond substituents is 1. The van der Waals surface area contributed by atoms with Crippen LogP contribution < -0.4 is 5.32 Å². The van der Waals surface area contributed by atoms with Crippen molar-refractivity contribution in [2.24, 2.45) is 0 Å². The lowest BCUT2D eigenvalue weighted by molar-refractivity contribution is 0.250. The third kappa shape index (κ3) is 2.15. The van der Waals surface area contributed by atoms with E-state index in [2.05, 4.69) is 5.32 Å². The van der Waals surface area contributed by atoms with Gasteiger partial charge in [0, 0.05) is 0 Å². The first-order valence-electron chi connectivity index (χ1n) is 4.06. The zero-order valence-corrected chi connectivity index (χ0v) is 8.35. The minimum absolute atomic E-state index is 0.0614. The molecule has 1 rings (SSSR count). The van der Waals surface area contributed by atoms with Crippen LogP contribution in [0.15, 0.2) is 12.1 Å². The van der Waals surface area contributed by atoms with Crippen LogP contribution in [-0.4, -0.2) is 23.9 Å². The number of benzene rings is 1. The largest absolute Gasteiger partial charge is 0.504 e. The van der Waals surface area contributed by atoms with E-state index in [9.17, 15) is 4.39 Å². The van der Waals surface area contributed by atoms with Gasteiger partial charge in [0.1, 0.15) is 0 Å². The summed E-state index contributed by atoms with van der Waals surface area (Å²) >= 11 is 5.58. The Kier molecular flexibility index (Phi) is 3.69. The van der Waals surface area contributed by atoms with Gasteiger partial charge in [-0.1, -0.05) is 11.6 Å². The van der Waals surface area contributed by atoms with Gasteiger partial charge in [-0.3, -0.25) is 0 Å². The molecule has 3 N–H and O–H groups in total. The molecule has 0 aromatic heterocycles. The van der Waals surface area contributed by atoms with Gasteiger partial charge >= 0.3 is 0 Å². The highest BCUT2D eigenvalue weighted by Gasteiger charge is 2.13. The van der Waals surface area contributed by atoms with E-state index in [4.69, 9.17) is 21.8 Å². The normalized spacial score (nSPS) is 12.9. The maximum atomic E-state index is 13.0. The number of hydrogen-bond acceptors (Lipinski definition) is 3. The van der Waals surface area contributed by atoms with Crippen molar-refractivity contribution in [2.45, 2.75) is 6.04 Å². The monoisotopic (exact) mass is 219 g/mol. The van der Waals surface area contributed by atoms with Crippen molar-refractivity contribution < 1.29 is 14.6 Å². The number of aromatic hydroxyl groups is 1. The summed E-state index contributed by atoms with van der Waals surface area (Å²) in [7, 11) is 1.64. The first kappa shape index (κ1) is 11.2. The second-order valence-corrected chi connectivity index (χ2v) is 3.26. The molecule has 0 saturated heterocycles. The maximum Gasteiger partial charge on any atom is 0.170 e. The summed E-state index contributed by atoms with van der Waals surface area (Å²) in [5, 5.41) is 20.7. The number of rotatable bonds is 3. The summed E-state index contributed by atoms with van der Waals surface area (Å²) in [6.07, 6.45) is 0. The third-order valence-corrected chi connectivity index (χ3v) is 2.26. The molecule has 14 heavy (non-hydrogen) atoms. The second-order valence-electron chi connectivity index (χ2n) is 2.86. The molecule has 78 valence electrons. The number of nitrogens with one attached hydrogen (secondary N) is 1. The molecule has 1 aromatic rings. The van der Waals surface area contributed by atoms with Gasteiger partial charge in [0.15, 0.2) is 11.6 Å². The molecule has 0 heterocycles. The fourth-order valence-electron chi connectivity index (χ4n) is 1.15. The molecule has 0 aliphatic heterocycles. The number of aliphatic hydroxyl groups excluding tert-OH is 1. The van der Waals surface area contributed by atoms with Crippen molar-refractivity contribution in [3.8, 4) is 5.75 Å². The fourth-order valence-corrected chi connectivity index (χ4v) is 1.37. The highest BCUT2D eigenvalue weighted by atomic mass is 35.5. The fraction of sp³-hybridized carbons (Fsp3) is 0.333. The van der Waals surface area contributed by atoms with E-state index in [1.54, 1.807) is 7.05 Å². The summed E-state index contributed by atoms with van der Waals surface area (Å²) in [6, 6.07) is 2.17. The Labute approximate surface area is 86.1 Å². The van der Waals surface area contributed by atoms with Crippen molar-refractivity contribution in [3.63, 3.8) is 0 Å². The summed E-state index contributed by atoms with van der Waals surface area (Å²) < 4.78 is 13.0. The van der Waals surface area contributed by atoms with Crippen molar-refractivity contribution >= 4 is 11.6 Å². The van der Waals surface area contributed by atoms with E-state index in [1.165, 1.54) is 6.07 Å². The zero-order chi connectivity index (χ0) is 10.7. The molecule has 0 saturated carbocycles. The smallest absolute Gasteiger partial charge is 0.170 e. The Bertz CT molecular complexity index is 306. The van der Waals surface area contributed by atoms with Crippen LogP contribution in [0, 0.1) is 5.82 Å². The number of hydrogen-bond donors (Lipinski definition) is 3. The van der Waals surface area contributed by atoms with Gasteiger partial charge in [0.2, 0.25) is 0 Å². The maximum absolute atomic E-state index is 13.0. The Balaban J connectivity index is 3.11. The Morgan fingerprint density at radius 1 is 1.57 bits per heavy atom. The predicted octanol–water partition coefficient (Wildman–Crippen LogP) is 1.44. The van der Waals surface area contributed by atoms with Crippen LogP contribution in [0.5, 0.6) is 5.75 Å². The average molecular weight is 220 g/mol. The Hall–Kier alpha value is -0.840. The van der Waals surface area contributed by atoms with Crippen LogP contribution in [0.2, 0.25) is 5.02 Å². The van der Waals surface area contributed by atoms with E-state index >= 15 is 0 Å². The van der Waals surface area contributed by atoms with E-state index in [1.807, 2.05) is 0 Å². The standard InChI is InChI=1S/C9H11ClFNO2/c1-12-8(4-13)5-2-6(10)9(14)7(11)3-5/h2-3,8,12-14H,4H2,1H3. The topological polar surface area (TPSA) is 52.5 Å². The number of likely N-dealkylation sites (N-methyl/N-ethyl adjacent to an activating group) is 1. The second kappa shape index (κ2) is 4.59. The van der Waals surface area contributed by atoms with Gasteiger partial charge in [0.05, 0.1) is 17.7 Å². The lowest BCUT2D eigenvalue weighted by Gasteiger charge is -2.14. The number of aliphatic hydroxyl groups is 1. The average Bonchev–Trinajstić information content (AvgIpc) is 2.16.